The van der Waals surface area contributed by atoms with Gasteiger partial charge in [-0.15, -0.1) is 0 Å². The molecule has 1 aromatic carbocycles. The zero-order valence-electron chi connectivity index (χ0n) is 11.1. The number of thioether (sulfide) groups is 1. The van der Waals surface area contributed by atoms with Crippen molar-refractivity contribution >= 4 is 22.8 Å². The van der Waals surface area contributed by atoms with Gasteiger partial charge in [-0.2, -0.15) is 5.26 Å². The van der Waals surface area contributed by atoms with Crippen LogP contribution in [-0.4, -0.2) is 20.8 Å². The minimum atomic E-state index is -0.340. The smallest absolute Gasteiger partial charge is 0.210 e. The summed E-state index contributed by atoms with van der Waals surface area (Å²) in [7, 11) is 0. The molecule has 2 aromatic heterocycles. The van der Waals surface area contributed by atoms with Gasteiger partial charge in [0.2, 0.25) is 5.43 Å². The number of pyridine rings is 1. The first-order valence-corrected chi connectivity index (χ1v) is 7.39. The summed E-state index contributed by atoms with van der Waals surface area (Å²) in [5.41, 5.74) is 1.08. The van der Waals surface area contributed by atoms with Gasteiger partial charge in [-0.1, -0.05) is 30.0 Å². The van der Waals surface area contributed by atoms with Crippen molar-refractivity contribution in [3.63, 3.8) is 0 Å². The van der Waals surface area contributed by atoms with Crippen molar-refractivity contribution in [1.29, 1.82) is 5.26 Å². The Labute approximate surface area is 124 Å². The molecule has 3 rings (SSSR count). The first kappa shape index (κ1) is 13.3. The Hall–Kier alpha value is -2.65. The number of benzene rings is 1. The average Bonchev–Trinajstić information content (AvgIpc) is 2.55. The van der Waals surface area contributed by atoms with Gasteiger partial charge in [-0.3, -0.25) is 9.36 Å². The maximum atomic E-state index is 12.2. The van der Waals surface area contributed by atoms with Crippen LogP contribution in [0, 0.1) is 11.3 Å². The van der Waals surface area contributed by atoms with Gasteiger partial charge in [-0.25, -0.2) is 9.97 Å². The van der Waals surface area contributed by atoms with Crippen LogP contribution in [0.3, 0.4) is 0 Å². The summed E-state index contributed by atoms with van der Waals surface area (Å²) in [6, 6.07) is 11.4. The molecule has 102 valence electrons. The highest BCUT2D eigenvalue weighted by molar-refractivity contribution is 7.98. The monoisotopic (exact) mass is 294 g/mol. The summed E-state index contributed by atoms with van der Waals surface area (Å²) >= 11 is 1.40. The predicted octanol–water partition coefficient (Wildman–Crippen LogP) is 2.37. The molecule has 0 N–H and O–H groups in total. The molecule has 0 saturated carbocycles. The molecule has 0 aliphatic rings. The van der Waals surface area contributed by atoms with E-state index in [0.717, 1.165) is 5.69 Å². The summed E-state index contributed by atoms with van der Waals surface area (Å²) in [6.45, 7) is 0. The lowest BCUT2D eigenvalue weighted by Gasteiger charge is -2.11. The molecule has 0 unspecified atom stereocenters. The Morgan fingerprint density at radius 2 is 2.05 bits per heavy atom. The Balaban J connectivity index is 2.45. The van der Waals surface area contributed by atoms with Crippen LogP contribution in [0.1, 0.15) is 5.56 Å². The number of nitriles is 1. The van der Waals surface area contributed by atoms with Gasteiger partial charge < -0.3 is 0 Å². The largest absolute Gasteiger partial charge is 0.300 e. The fourth-order valence-electron chi connectivity index (χ4n) is 2.06. The van der Waals surface area contributed by atoms with Crippen molar-refractivity contribution in [2.75, 3.05) is 6.26 Å². The van der Waals surface area contributed by atoms with Gasteiger partial charge in [-0.05, 0) is 18.4 Å². The van der Waals surface area contributed by atoms with Gasteiger partial charge in [0.15, 0.2) is 10.8 Å². The molecule has 0 bridgehead atoms. The predicted molar refractivity (Wildman–Crippen MR) is 81.6 cm³/mol. The fraction of sp³-hybridized carbons (Fsp3) is 0.0667. The maximum Gasteiger partial charge on any atom is 0.210 e. The van der Waals surface area contributed by atoms with Gasteiger partial charge in [0.25, 0.3) is 0 Å². The second-order valence-corrected chi connectivity index (χ2v) is 5.06. The summed E-state index contributed by atoms with van der Waals surface area (Å²) in [4.78, 5) is 20.8. The van der Waals surface area contributed by atoms with Crippen LogP contribution < -0.4 is 5.43 Å². The van der Waals surface area contributed by atoms with E-state index in [9.17, 15) is 4.79 Å². The maximum absolute atomic E-state index is 12.2. The van der Waals surface area contributed by atoms with E-state index in [4.69, 9.17) is 5.26 Å². The van der Waals surface area contributed by atoms with E-state index >= 15 is 0 Å². The number of para-hydroxylation sites is 1. The molecule has 0 aliphatic carbocycles. The van der Waals surface area contributed by atoms with Crippen LogP contribution in [0.15, 0.2) is 52.7 Å². The number of nitrogens with zero attached hydrogens (tertiary/aromatic N) is 4. The lowest BCUT2D eigenvalue weighted by atomic mass is 10.2. The molecule has 0 aliphatic heterocycles. The summed E-state index contributed by atoms with van der Waals surface area (Å²) in [5.74, 6) is 0. The second-order valence-electron chi connectivity index (χ2n) is 4.28. The lowest BCUT2D eigenvalue weighted by molar-refractivity contribution is 0.951. The normalized spacial score (nSPS) is 10.5. The third-order valence-corrected chi connectivity index (χ3v) is 3.62. The molecule has 5 nitrogen and oxygen atoms in total. The molecule has 0 amide bonds. The number of rotatable bonds is 2. The van der Waals surface area contributed by atoms with Gasteiger partial charge in [0.1, 0.15) is 11.6 Å². The van der Waals surface area contributed by atoms with E-state index in [0.29, 0.717) is 16.2 Å². The lowest BCUT2D eigenvalue weighted by Crippen LogP contribution is -2.14. The Morgan fingerprint density at radius 1 is 1.29 bits per heavy atom. The van der Waals surface area contributed by atoms with Crippen LogP contribution >= 0.6 is 11.8 Å². The number of hydrogen-bond donors (Lipinski definition) is 0. The molecule has 0 radical (unpaired) electrons. The SMILES string of the molecule is CSc1ncc2c(=O)c(C#N)cn(-c3ccccc3)c2n1. The van der Waals surface area contributed by atoms with E-state index < -0.39 is 0 Å². The van der Waals surface area contributed by atoms with E-state index in [1.54, 1.807) is 4.57 Å². The van der Waals surface area contributed by atoms with Crippen LogP contribution in [0.25, 0.3) is 16.7 Å². The number of aromatic nitrogens is 3. The van der Waals surface area contributed by atoms with Crippen LogP contribution in [0.4, 0.5) is 0 Å². The average molecular weight is 294 g/mol. The zero-order chi connectivity index (χ0) is 14.8. The van der Waals surface area contributed by atoms with Crippen LogP contribution in [0.2, 0.25) is 0 Å². The summed E-state index contributed by atoms with van der Waals surface area (Å²) in [6.07, 6.45) is 4.88. The second kappa shape index (κ2) is 5.38. The van der Waals surface area contributed by atoms with Crippen molar-refractivity contribution in [3.05, 3.63) is 58.5 Å². The highest BCUT2D eigenvalue weighted by Gasteiger charge is 2.12. The van der Waals surface area contributed by atoms with Gasteiger partial charge in [0, 0.05) is 18.1 Å². The highest BCUT2D eigenvalue weighted by Crippen LogP contribution is 2.17. The van der Waals surface area contributed by atoms with Crippen molar-refractivity contribution in [2.45, 2.75) is 5.16 Å². The summed E-state index contributed by atoms with van der Waals surface area (Å²) in [5, 5.41) is 10.1. The van der Waals surface area contributed by atoms with Crippen molar-refractivity contribution in [3.8, 4) is 11.8 Å². The standard InChI is InChI=1S/C15H10N4OS/c1-21-15-17-8-12-13(20)10(7-16)9-19(14(12)18-15)11-5-3-2-4-6-11/h2-6,8-9H,1H3. The molecule has 0 atom stereocenters. The minimum absolute atomic E-state index is 0.0758. The molecule has 6 heteroatoms. The number of hydrogen-bond acceptors (Lipinski definition) is 5. The number of fused-ring (bicyclic) bond motifs is 1. The topological polar surface area (TPSA) is 71.6 Å². The third-order valence-electron chi connectivity index (χ3n) is 3.06. The summed E-state index contributed by atoms with van der Waals surface area (Å²) < 4.78 is 1.75. The fourth-order valence-corrected chi connectivity index (χ4v) is 2.39. The Kier molecular flexibility index (Phi) is 3.42. The third kappa shape index (κ3) is 2.28. The quantitative estimate of drug-likeness (QED) is 0.536. The van der Waals surface area contributed by atoms with E-state index in [-0.39, 0.29) is 11.0 Å². The molecule has 2 heterocycles. The van der Waals surface area contributed by atoms with Gasteiger partial charge >= 0.3 is 0 Å². The van der Waals surface area contributed by atoms with Crippen LogP contribution in [0.5, 0.6) is 0 Å². The zero-order valence-corrected chi connectivity index (χ0v) is 12.0. The molecular formula is C15H10N4OS. The van der Waals surface area contributed by atoms with Gasteiger partial charge in [0.05, 0.1) is 5.39 Å². The van der Waals surface area contributed by atoms with Crippen molar-refractivity contribution < 1.29 is 0 Å². The Bertz CT molecular complexity index is 913. The molecule has 0 fully saturated rings. The molecule has 0 saturated heterocycles. The first-order chi connectivity index (χ1) is 10.2. The minimum Gasteiger partial charge on any atom is -0.300 e. The van der Waals surface area contributed by atoms with E-state index in [1.165, 1.54) is 24.2 Å². The van der Waals surface area contributed by atoms with Crippen molar-refractivity contribution in [1.82, 2.24) is 14.5 Å². The molecular weight excluding hydrogens is 284 g/mol. The molecule has 3 aromatic rings. The van der Waals surface area contributed by atoms with Crippen molar-refractivity contribution in [2.24, 2.45) is 0 Å². The molecule has 0 spiro atoms. The highest BCUT2D eigenvalue weighted by atomic mass is 32.2. The van der Waals surface area contributed by atoms with E-state index in [2.05, 4.69) is 9.97 Å². The first-order valence-electron chi connectivity index (χ1n) is 6.16. The van der Waals surface area contributed by atoms with Crippen LogP contribution in [-0.2, 0) is 0 Å². The Morgan fingerprint density at radius 3 is 2.71 bits per heavy atom. The molecule has 21 heavy (non-hydrogen) atoms. The van der Waals surface area contributed by atoms with E-state index in [1.807, 2.05) is 42.7 Å².